The van der Waals surface area contributed by atoms with E-state index in [9.17, 15) is 0 Å². The van der Waals surface area contributed by atoms with Crippen molar-refractivity contribution in [1.82, 2.24) is 9.97 Å². The standard InChI is InChI=1S/C13H14N4O2/c1-7-6-15-12(18-7)8(2)16-13-17-10-5-9(14)3-4-11(10)19-13/h3-6,8H,14H2,1-2H3,(H,16,17). The van der Waals surface area contributed by atoms with Gasteiger partial charge in [0.1, 0.15) is 17.3 Å². The zero-order valence-corrected chi connectivity index (χ0v) is 10.7. The molecular weight excluding hydrogens is 244 g/mol. The summed E-state index contributed by atoms with van der Waals surface area (Å²) in [7, 11) is 0. The molecule has 6 nitrogen and oxygen atoms in total. The van der Waals surface area contributed by atoms with Gasteiger partial charge in [0.25, 0.3) is 6.01 Å². The van der Waals surface area contributed by atoms with E-state index in [1.54, 1.807) is 24.4 Å². The van der Waals surface area contributed by atoms with E-state index in [1.807, 2.05) is 13.8 Å². The van der Waals surface area contributed by atoms with E-state index in [2.05, 4.69) is 15.3 Å². The Morgan fingerprint density at radius 2 is 2.16 bits per heavy atom. The first kappa shape index (κ1) is 11.6. The maximum atomic E-state index is 5.70. The van der Waals surface area contributed by atoms with Crippen LogP contribution >= 0.6 is 0 Å². The van der Waals surface area contributed by atoms with Crippen LogP contribution < -0.4 is 11.1 Å². The number of nitrogens with two attached hydrogens (primary N) is 1. The minimum Gasteiger partial charge on any atom is -0.444 e. The lowest BCUT2D eigenvalue weighted by Gasteiger charge is -2.06. The molecular formula is C13H14N4O2. The molecule has 2 aromatic heterocycles. The molecule has 0 bridgehead atoms. The molecule has 0 aliphatic carbocycles. The molecule has 3 aromatic rings. The lowest BCUT2D eigenvalue weighted by molar-refractivity contribution is 0.448. The lowest BCUT2D eigenvalue weighted by Crippen LogP contribution is -2.06. The highest BCUT2D eigenvalue weighted by atomic mass is 16.4. The number of benzene rings is 1. The van der Waals surface area contributed by atoms with E-state index in [1.165, 1.54) is 0 Å². The Bertz CT molecular complexity index is 716. The third-order valence-electron chi connectivity index (χ3n) is 2.76. The van der Waals surface area contributed by atoms with E-state index < -0.39 is 0 Å². The van der Waals surface area contributed by atoms with Crippen LogP contribution in [0.15, 0.2) is 33.2 Å². The second-order valence-electron chi connectivity index (χ2n) is 4.42. The smallest absolute Gasteiger partial charge is 0.296 e. The fraction of sp³-hybridized carbons (Fsp3) is 0.231. The van der Waals surface area contributed by atoms with Crippen molar-refractivity contribution < 1.29 is 8.83 Å². The fourth-order valence-electron chi connectivity index (χ4n) is 1.83. The van der Waals surface area contributed by atoms with Crippen molar-refractivity contribution in [2.75, 3.05) is 11.1 Å². The van der Waals surface area contributed by atoms with Gasteiger partial charge in [0.05, 0.1) is 6.20 Å². The third-order valence-corrected chi connectivity index (χ3v) is 2.76. The van der Waals surface area contributed by atoms with Gasteiger partial charge in [0.2, 0.25) is 5.89 Å². The summed E-state index contributed by atoms with van der Waals surface area (Å²) in [6, 6.07) is 5.63. The third kappa shape index (κ3) is 2.24. The average Bonchev–Trinajstić information content (AvgIpc) is 2.94. The first-order chi connectivity index (χ1) is 9.11. The highest BCUT2D eigenvalue weighted by molar-refractivity contribution is 5.78. The van der Waals surface area contributed by atoms with Crippen molar-refractivity contribution in [2.45, 2.75) is 19.9 Å². The average molecular weight is 258 g/mol. The van der Waals surface area contributed by atoms with Crippen LogP contribution in [-0.4, -0.2) is 9.97 Å². The second-order valence-corrected chi connectivity index (χ2v) is 4.42. The molecule has 0 fully saturated rings. The van der Waals surface area contributed by atoms with Crippen LogP contribution in [0.25, 0.3) is 11.1 Å². The Labute approximate surface area is 109 Å². The first-order valence-corrected chi connectivity index (χ1v) is 5.97. The van der Waals surface area contributed by atoms with Crippen molar-refractivity contribution in [3.8, 4) is 0 Å². The van der Waals surface area contributed by atoms with E-state index in [-0.39, 0.29) is 6.04 Å². The SMILES string of the molecule is Cc1cnc(C(C)Nc2nc3cc(N)ccc3o2)o1. The molecule has 0 spiro atoms. The Kier molecular flexibility index (Phi) is 2.63. The largest absolute Gasteiger partial charge is 0.444 e. The zero-order valence-electron chi connectivity index (χ0n) is 10.7. The van der Waals surface area contributed by atoms with Crippen molar-refractivity contribution >= 4 is 22.8 Å². The lowest BCUT2D eigenvalue weighted by atomic mass is 10.3. The number of oxazole rings is 2. The molecule has 98 valence electrons. The minimum atomic E-state index is -0.126. The van der Waals surface area contributed by atoms with Gasteiger partial charge in [-0.3, -0.25) is 0 Å². The van der Waals surface area contributed by atoms with E-state index in [0.29, 0.717) is 23.2 Å². The highest BCUT2D eigenvalue weighted by Gasteiger charge is 2.14. The molecule has 0 radical (unpaired) electrons. The van der Waals surface area contributed by atoms with Crippen LogP contribution in [0.2, 0.25) is 0 Å². The number of aryl methyl sites for hydroxylation is 1. The molecule has 2 heterocycles. The van der Waals surface area contributed by atoms with Gasteiger partial charge in [-0.1, -0.05) is 0 Å². The molecule has 19 heavy (non-hydrogen) atoms. The van der Waals surface area contributed by atoms with Gasteiger partial charge in [-0.25, -0.2) is 4.98 Å². The van der Waals surface area contributed by atoms with Gasteiger partial charge < -0.3 is 19.9 Å². The topological polar surface area (TPSA) is 90.1 Å². The normalized spacial score (nSPS) is 12.7. The van der Waals surface area contributed by atoms with Gasteiger partial charge in [0, 0.05) is 5.69 Å². The van der Waals surface area contributed by atoms with Crippen LogP contribution in [0.4, 0.5) is 11.7 Å². The van der Waals surface area contributed by atoms with E-state index in [0.717, 1.165) is 11.3 Å². The van der Waals surface area contributed by atoms with Crippen molar-refractivity contribution in [3.05, 3.63) is 36.0 Å². The van der Waals surface area contributed by atoms with Crippen LogP contribution in [0.3, 0.4) is 0 Å². The molecule has 0 aliphatic rings. The molecule has 0 saturated carbocycles. The number of aromatic nitrogens is 2. The molecule has 0 amide bonds. The number of fused-ring (bicyclic) bond motifs is 1. The Morgan fingerprint density at radius 3 is 2.89 bits per heavy atom. The predicted molar refractivity (Wildman–Crippen MR) is 71.7 cm³/mol. The van der Waals surface area contributed by atoms with Gasteiger partial charge in [0.15, 0.2) is 5.58 Å². The van der Waals surface area contributed by atoms with E-state index >= 15 is 0 Å². The molecule has 1 aromatic carbocycles. The summed E-state index contributed by atoms with van der Waals surface area (Å²) in [5.74, 6) is 1.37. The number of anilines is 2. The van der Waals surface area contributed by atoms with Crippen LogP contribution in [0, 0.1) is 6.92 Å². The van der Waals surface area contributed by atoms with Crippen LogP contribution in [0.1, 0.15) is 24.6 Å². The minimum absolute atomic E-state index is 0.126. The van der Waals surface area contributed by atoms with Crippen LogP contribution in [-0.2, 0) is 0 Å². The van der Waals surface area contributed by atoms with Crippen LogP contribution in [0.5, 0.6) is 0 Å². The van der Waals surface area contributed by atoms with Crippen molar-refractivity contribution in [3.63, 3.8) is 0 Å². The quantitative estimate of drug-likeness (QED) is 0.702. The Hall–Kier alpha value is -2.50. The Balaban J connectivity index is 1.85. The Morgan fingerprint density at radius 1 is 1.32 bits per heavy atom. The second kappa shape index (κ2) is 4.31. The van der Waals surface area contributed by atoms with E-state index in [4.69, 9.17) is 14.6 Å². The molecule has 6 heteroatoms. The molecule has 1 unspecified atom stereocenters. The number of nitrogen functional groups attached to an aromatic ring is 1. The number of hydrogen-bond donors (Lipinski definition) is 2. The van der Waals surface area contributed by atoms with Crippen molar-refractivity contribution in [1.29, 1.82) is 0 Å². The highest BCUT2D eigenvalue weighted by Crippen LogP contribution is 2.24. The summed E-state index contributed by atoms with van der Waals surface area (Å²) in [5.41, 5.74) is 7.77. The maximum absolute atomic E-state index is 5.70. The van der Waals surface area contributed by atoms with Gasteiger partial charge in [-0.2, -0.15) is 4.98 Å². The number of nitrogens with one attached hydrogen (secondary N) is 1. The maximum Gasteiger partial charge on any atom is 0.296 e. The number of rotatable bonds is 3. The van der Waals surface area contributed by atoms with Gasteiger partial charge in [-0.05, 0) is 32.0 Å². The number of hydrogen-bond acceptors (Lipinski definition) is 6. The molecule has 1 atom stereocenters. The summed E-state index contributed by atoms with van der Waals surface area (Å²) < 4.78 is 11.0. The summed E-state index contributed by atoms with van der Waals surface area (Å²) in [6.45, 7) is 3.78. The van der Waals surface area contributed by atoms with Gasteiger partial charge >= 0.3 is 0 Å². The zero-order chi connectivity index (χ0) is 13.4. The van der Waals surface area contributed by atoms with Crippen molar-refractivity contribution in [2.24, 2.45) is 0 Å². The summed E-state index contributed by atoms with van der Waals surface area (Å²) in [6.07, 6.45) is 1.68. The fourth-order valence-corrected chi connectivity index (χ4v) is 1.83. The summed E-state index contributed by atoms with van der Waals surface area (Å²) in [5, 5.41) is 3.11. The number of nitrogens with zero attached hydrogens (tertiary/aromatic N) is 2. The molecule has 0 saturated heterocycles. The molecule has 3 rings (SSSR count). The summed E-state index contributed by atoms with van der Waals surface area (Å²) in [4.78, 5) is 8.48. The summed E-state index contributed by atoms with van der Waals surface area (Å²) >= 11 is 0. The molecule has 0 aliphatic heterocycles. The molecule has 3 N–H and O–H groups in total. The van der Waals surface area contributed by atoms with Gasteiger partial charge in [-0.15, -0.1) is 0 Å². The first-order valence-electron chi connectivity index (χ1n) is 5.97. The predicted octanol–water partition coefficient (Wildman–Crippen LogP) is 2.88. The monoisotopic (exact) mass is 258 g/mol.